The molecule has 0 amide bonds. The second-order valence-electron chi connectivity index (χ2n) is 8.61. The summed E-state index contributed by atoms with van der Waals surface area (Å²) in [5.74, 6) is 0.823. The summed E-state index contributed by atoms with van der Waals surface area (Å²) in [4.78, 5) is 2.34. The molecule has 0 aliphatic rings. The molecular formula is C29H36ClNO2. The smallest absolute Gasteiger partial charge is 0.119 e. The Morgan fingerprint density at radius 3 is 2.00 bits per heavy atom. The molecule has 1 atom stereocenters. The van der Waals surface area contributed by atoms with Crippen molar-refractivity contribution >= 4 is 11.6 Å². The first-order chi connectivity index (χ1) is 15.9. The van der Waals surface area contributed by atoms with E-state index in [4.69, 9.17) is 16.3 Å². The van der Waals surface area contributed by atoms with Gasteiger partial charge in [0.2, 0.25) is 0 Å². The number of halogens is 1. The van der Waals surface area contributed by atoms with E-state index in [0.717, 1.165) is 49.4 Å². The van der Waals surface area contributed by atoms with Crippen molar-refractivity contribution in [3.05, 3.63) is 100 Å². The van der Waals surface area contributed by atoms with Crippen molar-refractivity contribution < 1.29 is 9.84 Å². The molecule has 0 spiro atoms. The van der Waals surface area contributed by atoms with Crippen LogP contribution in [0.5, 0.6) is 5.75 Å². The van der Waals surface area contributed by atoms with E-state index in [0.29, 0.717) is 18.1 Å². The van der Waals surface area contributed by atoms with Crippen molar-refractivity contribution in [2.75, 3.05) is 26.2 Å². The van der Waals surface area contributed by atoms with Crippen molar-refractivity contribution in [1.82, 2.24) is 4.90 Å². The van der Waals surface area contributed by atoms with Crippen LogP contribution in [0, 0.1) is 6.92 Å². The van der Waals surface area contributed by atoms with Gasteiger partial charge >= 0.3 is 0 Å². The quantitative estimate of drug-likeness (QED) is 0.326. The van der Waals surface area contributed by atoms with Crippen LogP contribution < -0.4 is 4.74 Å². The second-order valence-corrected chi connectivity index (χ2v) is 9.04. The maximum Gasteiger partial charge on any atom is 0.119 e. The number of rotatable bonds is 12. The number of likely N-dealkylation sites (N-methyl/N-ethyl adjacent to an activating group) is 1. The van der Waals surface area contributed by atoms with E-state index >= 15 is 0 Å². The fourth-order valence-corrected chi connectivity index (χ4v) is 4.27. The van der Waals surface area contributed by atoms with Crippen LogP contribution >= 0.6 is 11.6 Å². The third kappa shape index (κ3) is 7.07. The van der Waals surface area contributed by atoms with Gasteiger partial charge in [-0.3, -0.25) is 0 Å². The highest BCUT2D eigenvalue weighted by atomic mass is 35.5. The Kier molecular flexibility index (Phi) is 9.37. The Balaban J connectivity index is 1.73. The minimum Gasteiger partial charge on any atom is -0.492 e. The van der Waals surface area contributed by atoms with Crippen molar-refractivity contribution in [3.8, 4) is 5.75 Å². The number of nitrogens with zero attached hydrogens (tertiary/aromatic N) is 1. The first kappa shape index (κ1) is 25.3. The van der Waals surface area contributed by atoms with Gasteiger partial charge in [-0.1, -0.05) is 79.5 Å². The largest absolute Gasteiger partial charge is 0.492 e. The average molecular weight is 466 g/mol. The fraction of sp³-hybridized carbons (Fsp3) is 0.379. The third-order valence-corrected chi connectivity index (χ3v) is 6.60. The molecule has 0 heterocycles. The minimum absolute atomic E-state index is 0.616. The van der Waals surface area contributed by atoms with Crippen LogP contribution in [-0.4, -0.2) is 36.2 Å². The molecule has 0 bridgehead atoms. The molecule has 1 unspecified atom stereocenters. The Bertz CT molecular complexity index is 966. The summed E-state index contributed by atoms with van der Waals surface area (Å²) in [6.45, 7) is 10.0. The van der Waals surface area contributed by atoms with Gasteiger partial charge in [0.05, 0.1) is 0 Å². The van der Waals surface area contributed by atoms with Crippen LogP contribution in [0.3, 0.4) is 0 Å². The molecule has 4 heteroatoms. The zero-order chi connectivity index (χ0) is 23.7. The summed E-state index contributed by atoms with van der Waals surface area (Å²) in [6, 6.07) is 24.0. The van der Waals surface area contributed by atoms with Crippen LogP contribution in [0.4, 0.5) is 0 Å². The van der Waals surface area contributed by atoms with E-state index in [9.17, 15) is 5.11 Å². The van der Waals surface area contributed by atoms with Crippen LogP contribution in [0.2, 0.25) is 5.02 Å². The van der Waals surface area contributed by atoms with Gasteiger partial charge in [0.15, 0.2) is 0 Å². The average Bonchev–Trinajstić information content (AvgIpc) is 2.84. The zero-order valence-corrected chi connectivity index (χ0v) is 20.8. The number of hydrogen-bond acceptors (Lipinski definition) is 3. The molecular weight excluding hydrogens is 430 g/mol. The summed E-state index contributed by atoms with van der Waals surface area (Å²) in [5.41, 5.74) is 3.18. The van der Waals surface area contributed by atoms with Crippen LogP contribution in [0.25, 0.3) is 0 Å². The maximum absolute atomic E-state index is 11.9. The predicted octanol–water partition coefficient (Wildman–Crippen LogP) is 6.63. The summed E-state index contributed by atoms with van der Waals surface area (Å²) in [6.07, 6.45) is 2.40. The Labute approximate surface area is 204 Å². The van der Waals surface area contributed by atoms with Gasteiger partial charge in [-0.2, -0.15) is 0 Å². The van der Waals surface area contributed by atoms with Gasteiger partial charge in [0.1, 0.15) is 18.0 Å². The molecule has 0 aliphatic carbocycles. The monoisotopic (exact) mass is 465 g/mol. The molecule has 3 aromatic rings. The summed E-state index contributed by atoms with van der Waals surface area (Å²) < 4.78 is 5.94. The number of ether oxygens (including phenoxy) is 1. The molecule has 0 aromatic heterocycles. The lowest BCUT2D eigenvalue weighted by Crippen LogP contribution is -2.28. The van der Waals surface area contributed by atoms with Crippen molar-refractivity contribution in [2.24, 2.45) is 0 Å². The lowest BCUT2D eigenvalue weighted by molar-refractivity contribution is 0.0687. The Morgan fingerprint density at radius 1 is 0.848 bits per heavy atom. The summed E-state index contributed by atoms with van der Waals surface area (Å²) >= 11 is 6.12. The third-order valence-electron chi connectivity index (χ3n) is 6.35. The molecule has 0 aliphatic heterocycles. The minimum atomic E-state index is -1.09. The highest BCUT2D eigenvalue weighted by Crippen LogP contribution is 2.36. The van der Waals surface area contributed by atoms with E-state index in [1.807, 2.05) is 48.5 Å². The topological polar surface area (TPSA) is 32.7 Å². The van der Waals surface area contributed by atoms with E-state index in [1.54, 1.807) is 0 Å². The highest BCUT2D eigenvalue weighted by Gasteiger charge is 2.31. The number of aryl methyl sites for hydroxylation is 2. The summed E-state index contributed by atoms with van der Waals surface area (Å²) in [5, 5.41) is 12.5. The maximum atomic E-state index is 11.9. The van der Waals surface area contributed by atoms with Crippen LogP contribution in [-0.2, 0) is 12.0 Å². The second kappa shape index (κ2) is 12.2. The molecule has 176 valence electrons. The normalized spacial score (nSPS) is 13.2. The molecule has 0 saturated carbocycles. The van der Waals surface area contributed by atoms with Gasteiger partial charge in [-0.05, 0) is 80.2 Å². The fourth-order valence-electron chi connectivity index (χ4n) is 4.14. The van der Waals surface area contributed by atoms with Crippen LogP contribution in [0.15, 0.2) is 72.8 Å². The highest BCUT2D eigenvalue weighted by molar-refractivity contribution is 6.30. The Morgan fingerprint density at radius 2 is 1.42 bits per heavy atom. The number of hydrogen-bond donors (Lipinski definition) is 1. The predicted molar refractivity (Wildman–Crippen MR) is 138 cm³/mol. The van der Waals surface area contributed by atoms with Crippen molar-refractivity contribution in [3.63, 3.8) is 0 Å². The Hall–Kier alpha value is -2.33. The van der Waals surface area contributed by atoms with Gasteiger partial charge in [0.25, 0.3) is 0 Å². The summed E-state index contributed by atoms with van der Waals surface area (Å²) in [7, 11) is 0. The molecule has 0 radical (unpaired) electrons. The van der Waals surface area contributed by atoms with E-state index in [-0.39, 0.29) is 0 Å². The van der Waals surface area contributed by atoms with Crippen LogP contribution in [0.1, 0.15) is 48.9 Å². The molecule has 3 rings (SSSR count). The van der Waals surface area contributed by atoms with Gasteiger partial charge in [-0.25, -0.2) is 0 Å². The number of aliphatic hydroxyl groups is 1. The van der Waals surface area contributed by atoms with E-state index in [2.05, 4.69) is 49.9 Å². The van der Waals surface area contributed by atoms with Crippen molar-refractivity contribution in [1.29, 1.82) is 0 Å². The van der Waals surface area contributed by atoms with Gasteiger partial charge in [0, 0.05) is 11.6 Å². The number of benzene rings is 3. The molecule has 0 saturated heterocycles. The van der Waals surface area contributed by atoms with Gasteiger partial charge < -0.3 is 14.7 Å². The lowest BCUT2D eigenvalue weighted by Gasteiger charge is -2.30. The zero-order valence-electron chi connectivity index (χ0n) is 20.1. The molecule has 3 aromatic carbocycles. The van der Waals surface area contributed by atoms with E-state index < -0.39 is 5.60 Å². The first-order valence-electron chi connectivity index (χ1n) is 11.9. The van der Waals surface area contributed by atoms with Gasteiger partial charge in [-0.15, -0.1) is 0 Å². The molecule has 3 nitrogen and oxygen atoms in total. The first-order valence-corrected chi connectivity index (χ1v) is 12.3. The van der Waals surface area contributed by atoms with Crippen molar-refractivity contribution in [2.45, 2.75) is 45.6 Å². The molecule has 33 heavy (non-hydrogen) atoms. The standard InChI is InChI=1S/C29H36ClNO2/c1-4-31(5-2)21-22-33-28-18-14-26(15-19-28)29(32,25-12-16-27(30)17-13-25)20-6-7-24-10-8-23(3)9-11-24/h8-19,32H,4-7,20-22H2,1-3H3. The SMILES string of the molecule is CCN(CC)CCOc1ccc(C(O)(CCCc2ccc(C)cc2)c2ccc(Cl)cc2)cc1. The van der Waals surface area contributed by atoms with E-state index in [1.165, 1.54) is 11.1 Å². The molecule has 0 fully saturated rings. The molecule has 1 N–H and O–H groups in total. The lowest BCUT2D eigenvalue weighted by atomic mass is 9.82.